The summed E-state index contributed by atoms with van der Waals surface area (Å²) in [6.07, 6.45) is 3.86. The Balaban J connectivity index is 1.19. The van der Waals surface area contributed by atoms with Crippen LogP contribution in [0.3, 0.4) is 0 Å². The van der Waals surface area contributed by atoms with Gasteiger partial charge >= 0.3 is 0 Å². The zero-order chi connectivity index (χ0) is 33.8. The second-order valence-electron chi connectivity index (χ2n) is 12.8. The molecular weight excluding hydrogens is 639 g/mol. The van der Waals surface area contributed by atoms with Crippen LogP contribution in [0, 0.1) is 0 Å². The lowest BCUT2D eigenvalue weighted by Gasteiger charge is -2.42. The van der Waals surface area contributed by atoms with Crippen LogP contribution < -0.4 is 0 Å². The number of hydrogen-bond acceptors (Lipinski definition) is 1. The average Bonchev–Trinajstić information content (AvgIpc) is 3.73. The van der Waals surface area contributed by atoms with Gasteiger partial charge in [0.2, 0.25) is 0 Å². The maximum Gasteiger partial charge on any atom is 0.0724 e. The maximum absolute atomic E-state index is 4.51. The second kappa shape index (κ2) is 11.9. The molecule has 0 aliphatic heterocycles. The number of aromatic nitrogens is 3. The number of nitrogens with zero attached hydrogens (tertiary/aromatic N) is 3. The first kappa shape index (κ1) is 29.5. The maximum atomic E-state index is 4.51. The number of pyridine rings is 1. The third-order valence-corrected chi connectivity index (χ3v) is 14.1. The molecule has 51 heavy (non-hydrogen) atoms. The number of rotatable bonds is 6. The van der Waals surface area contributed by atoms with Gasteiger partial charge in [-0.3, -0.25) is 4.98 Å². The van der Waals surface area contributed by atoms with Crippen LogP contribution >= 0.6 is 10.0 Å². The van der Waals surface area contributed by atoms with Gasteiger partial charge in [-0.2, -0.15) is 0 Å². The van der Waals surface area contributed by atoms with Gasteiger partial charge in [-0.25, -0.2) is 0 Å². The van der Waals surface area contributed by atoms with Gasteiger partial charge in [-0.1, -0.05) is 91.0 Å². The fraction of sp³-hybridized carbons (Fsp3) is 0. The minimum absolute atomic E-state index is 1.11. The Hall–Kier alpha value is -6.36. The summed E-state index contributed by atoms with van der Waals surface area (Å²) in [7, 11) is -1.88. The predicted molar refractivity (Wildman–Crippen MR) is 213 cm³/mol. The van der Waals surface area contributed by atoms with Crippen molar-refractivity contribution in [1.29, 1.82) is 0 Å². The third kappa shape index (κ3) is 4.50. The summed E-state index contributed by atoms with van der Waals surface area (Å²) in [5.41, 5.74) is 6.99. The molecule has 0 fully saturated rings. The van der Waals surface area contributed by atoms with Crippen LogP contribution in [0.25, 0.3) is 55.0 Å². The van der Waals surface area contributed by atoms with Gasteiger partial charge in [-0.15, -0.1) is 10.0 Å². The first-order chi connectivity index (χ1) is 25.3. The lowest BCUT2D eigenvalue weighted by molar-refractivity contribution is 1.15. The average molecular weight is 672 g/mol. The van der Waals surface area contributed by atoms with E-state index < -0.39 is 10.0 Å². The molecule has 0 amide bonds. The lowest BCUT2D eigenvalue weighted by atomic mass is 10.2. The topological polar surface area (TPSA) is 22.8 Å². The highest BCUT2D eigenvalue weighted by molar-refractivity contribution is 8.34. The van der Waals surface area contributed by atoms with Gasteiger partial charge < -0.3 is 9.13 Å². The molecule has 7 aromatic carbocycles. The van der Waals surface area contributed by atoms with E-state index >= 15 is 0 Å². The molecule has 0 aliphatic carbocycles. The molecule has 0 radical (unpaired) electrons. The fourth-order valence-electron chi connectivity index (χ4n) is 7.96. The Morgan fingerprint density at radius 3 is 1.12 bits per heavy atom. The van der Waals surface area contributed by atoms with E-state index in [1.165, 1.54) is 57.7 Å². The summed E-state index contributed by atoms with van der Waals surface area (Å²) in [6.45, 7) is 0. The van der Waals surface area contributed by atoms with Crippen molar-refractivity contribution in [2.45, 2.75) is 19.6 Å². The molecule has 10 aromatic rings. The van der Waals surface area contributed by atoms with E-state index in [-0.39, 0.29) is 0 Å². The Morgan fingerprint density at radius 1 is 0.314 bits per heavy atom. The molecule has 0 N–H and O–H groups in total. The molecule has 3 aromatic heterocycles. The summed E-state index contributed by atoms with van der Waals surface area (Å²) in [6, 6.07) is 68.9. The van der Waals surface area contributed by atoms with Crippen molar-refractivity contribution in [1.82, 2.24) is 14.1 Å². The van der Waals surface area contributed by atoms with Gasteiger partial charge in [0, 0.05) is 58.7 Å². The van der Waals surface area contributed by atoms with Crippen molar-refractivity contribution in [2.24, 2.45) is 0 Å². The zero-order valence-corrected chi connectivity index (χ0v) is 28.6. The van der Waals surface area contributed by atoms with Crippen molar-refractivity contribution in [3.05, 3.63) is 200 Å². The van der Waals surface area contributed by atoms with Crippen molar-refractivity contribution in [3.8, 4) is 11.4 Å². The van der Waals surface area contributed by atoms with Crippen molar-refractivity contribution >= 4 is 53.6 Å². The van der Waals surface area contributed by atoms with Gasteiger partial charge in [0.05, 0.1) is 28.3 Å². The molecule has 0 atom stereocenters. The standard InChI is InChI=1S/C47H33N3S/c1-3-13-36(14-4-1)51(37-15-5-2-6-16-37,38-27-23-34(24-28-38)49-44-20-10-7-17-40(44)41-18-8-11-21-45(41)49)39-29-25-35(26-30-39)50-46-22-12-9-19-42(46)43-31-32-48-33-47(43)50/h1-33H. The molecule has 3 nitrogen and oxygen atoms in total. The van der Waals surface area contributed by atoms with E-state index in [0.717, 1.165) is 16.9 Å². The SMILES string of the molecule is c1ccc(S(c2ccccc2)(c2ccc(-n3c4ccccc4c4ccccc43)cc2)c2ccc(-n3c4ccccc4c4ccncc43)cc2)cc1. The van der Waals surface area contributed by atoms with Gasteiger partial charge in [0.25, 0.3) is 0 Å². The number of hydrogen-bond donors (Lipinski definition) is 0. The quantitative estimate of drug-likeness (QED) is 0.172. The largest absolute Gasteiger partial charge is 0.309 e. The van der Waals surface area contributed by atoms with E-state index in [9.17, 15) is 0 Å². The zero-order valence-electron chi connectivity index (χ0n) is 27.8. The van der Waals surface area contributed by atoms with Gasteiger partial charge in [-0.05, 0) is 97.1 Å². The Bertz CT molecular complexity index is 2530. The van der Waals surface area contributed by atoms with E-state index in [1.807, 2.05) is 12.4 Å². The molecule has 3 heterocycles. The molecule has 0 saturated carbocycles. The van der Waals surface area contributed by atoms with Gasteiger partial charge in [0.1, 0.15) is 0 Å². The minimum atomic E-state index is -1.88. The summed E-state index contributed by atoms with van der Waals surface area (Å²) < 4.78 is 4.73. The molecule has 4 heteroatoms. The highest BCUT2D eigenvalue weighted by atomic mass is 32.3. The number of fused-ring (bicyclic) bond motifs is 6. The van der Waals surface area contributed by atoms with Crippen LogP contribution in [0.2, 0.25) is 0 Å². The van der Waals surface area contributed by atoms with E-state index in [2.05, 4.69) is 202 Å². The molecule has 0 bridgehead atoms. The molecule has 242 valence electrons. The van der Waals surface area contributed by atoms with Crippen LogP contribution in [-0.2, 0) is 0 Å². The van der Waals surface area contributed by atoms with Crippen molar-refractivity contribution < 1.29 is 0 Å². The fourth-order valence-corrected chi connectivity index (χ4v) is 11.8. The monoisotopic (exact) mass is 671 g/mol. The minimum Gasteiger partial charge on any atom is -0.309 e. The highest BCUT2D eigenvalue weighted by Crippen LogP contribution is 2.73. The first-order valence-corrected chi connectivity index (χ1v) is 18.9. The van der Waals surface area contributed by atoms with Crippen LogP contribution in [0.4, 0.5) is 0 Å². The third-order valence-electron chi connectivity index (χ3n) is 10.1. The van der Waals surface area contributed by atoms with Crippen LogP contribution in [-0.4, -0.2) is 14.1 Å². The smallest absolute Gasteiger partial charge is 0.0724 e. The Labute approximate surface area is 298 Å². The molecule has 10 rings (SSSR count). The van der Waals surface area contributed by atoms with Crippen LogP contribution in [0.15, 0.2) is 220 Å². The predicted octanol–water partition coefficient (Wildman–Crippen LogP) is 12.6. The number of benzene rings is 7. The molecular formula is C47H33N3S. The second-order valence-corrected chi connectivity index (χ2v) is 16.0. The normalized spacial score (nSPS) is 12.2. The van der Waals surface area contributed by atoms with Crippen molar-refractivity contribution in [3.63, 3.8) is 0 Å². The summed E-state index contributed by atoms with van der Waals surface area (Å²) >= 11 is 0. The van der Waals surface area contributed by atoms with Crippen LogP contribution in [0.1, 0.15) is 0 Å². The van der Waals surface area contributed by atoms with Gasteiger partial charge in [0.15, 0.2) is 0 Å². The molecule has 0 spiro atoms. The summed E-state index contributed by atoms with van der Waals surface area (Å²) in [4.78, 5) is 9.69. The van der Waals surface area contributed by atoms with Crippen LogP contribution in [0.5, 0.6) is 0 Å². The summed E-state index contributed by atoms with van der Waals surface area (Å²) in [5, 5.41) is 4.98. The summed E-state index contributed by atoms with van der Waals surface area (Å²) in [5.74, 6) is 0. The van der Waals surface area contributed by atoms with E-state index in [0.29, 0.717) is 0 Å². The van der Waals surface area contributed by atoms with E-state index in [4.69, 9.17) is 0 Å². The van der Waals surface area contributed by atoms with E-state index in [1.54, 1.807) is 0 Å². The van der Waals surface area contributed by atoms with Crippen molar-refractivity contribution in [2.75, 3.05) is 0 Å². The lowest BCUT2D eigenvalue weighted by Crippen LogP contribution is -2.06. The molecule has 0 aliphatic rings. The Kier molecular flexibility index (Phi) is 6.90. The highest BCUT2D eigenvalue weighted by Gasteiger charge is 2.33. The first-order valence-electron chi connectivity index (χ1n) is 17.3. The molecule has 0 unspecified atom stereocenters. The number of para-hydroxylation sites is 3. The Morgan fingerprint density at radius 2 is 0.667 bits per heavy atom. The molecule has 0 saturated heterocycles.